The van der Waals surface area contributed by atoms with Gasteiger partial charge in [0.1, 0.15) is 0 Å². The lowest BCUT2D eigenvalue weighted by atomic mass is 9.95. The van der Waals surface area contributed by atoms with Crippen molar-refractivity contribution < 1.29 is 33.7 Å². The highest BCUT2D eigenvalue weighted by atomic mass is 16.5. The Morgan fingerprint density at radius 3 is 2.22 bits per heavy atom. The second-order valence-corrected chi connectivity index (χ2v) is 7.27. The third kappa shape index (κ3) is 4.30. The number of ether oxygens (including phenoxy) is 3. The zero-order valence-electron chi connectivity index (χ0n) is 18.4. The Morgan fingerprint density at radius 2 is 1.66 bits per heavy atom. The molecule has 0 radical (unpaired) electrons. The summed E-state index contributed by atoms with van der Waals surface area (Å²) in [6.07, 6.45) is 0.460. The van der Waals surface area contributed by atoms with Gasteiger partial charge in [-0.05, 0) is 48.7 Å². The number of nitrogens with zero attached hydrogens (tertiary/aromatic N) is 1. The highest BCUT2D eigenvalue weighted by Crippen LogP contribution is 2.38. The highest BCUT2D eigenvalue weighted by Gasteiger charge is 2.42. The number of benzene rings is 2. The normalized spacial score (nSPS) is 15.7. The average Bonchev–Trinajstić information content (AvgIpc) is 3.07. The van der Waals surface area contributed by atoms with Crippen LogP contribution < -0.4 is 9.47 Å². The third-order valence-electron chi connectivity index (χ3n) is 5.42. The summed E-state index contributed by atoms with van der Waals surface area (Å²) in [5, 5.41) is 10.4. The number of rotatable bonds is 8. The summed E-state index contributed by atoms with van der Waals surface area (Å²) >= 11 is 0. The van der Waals surface area contributed by atoms with E-state index in [0.717, 1.165) is 5.56 Å². The number of carbonyl (C=O) groups excluding carboxylic acids is 3. The maximum atomic E-state index is 12.8. The summed E-state index contributed by atoms with van der Waals surface area (Å²) in [7, 11) is 4.38. The van der Waals surface area contributed by atoms with E-state index in [1.807, 2.05) is 12.1 Å². The van der Waals surface area contributed by atoms with Crippen molar-refractivity contribution in [3.63, 3.8) is 0 Å². The lowest BCUT2D eigenvalue weighted by molar-refractivity contribution is -0.129. The van der Waals surface area contributed by atoms with Crippen molar-refractivity contribution in [2.24, 2.45) is 0 Å². The zero-order valence-corrected chi connectivity index (χ0v) is 18.4. The van der Waals surface area contributed by atoms with Crippen LogP contribution in [0.2, 0.25) is 0 Å². The average molecular weight is 439 g/mol. The molecule has 1 N–H and O–H groups in total. The van der Waals surface area contributed by atoms with Crippen molar-refractivity contribution in [3.05, 3.63) is 70.5 Å². The molecule has 0 saturated carbocycles. The van der Waals surface area contributed by atoms with Gasteiger partial charge >= 0.3 is 5.97 Å². The summed E-state index contributed by atoms with van der Waals surface area (Å²) in [4.78, 5) is 38.3. The largest absolute Gasteiger partial charge is 0.503 e. The molecule has 0 saturated heterocycles. The first-order valence-corrected chi connectivity index (χ1v) is 9.96. The van der Waals surface area contributed by atoms with Gasteiger partial charge in [-0.3, -0.25) is 9.59 Å². The lowest BCUT2D eigenvalue weighted by Crippen LogP contribution is -2.33. The molecule has 3 rings (SSSR count). The minimum absolute atomic E-state index is 0.0353. The second-order valence-electron chi connectivity index (χ2n) is 7.27. The Kier molecular flexibility index (Phi) is 6.82. The summed E-state index contributed by atoms with van der Waals surface area (Å²) in [6, 6.07) is 11.1. The fourth-order valence-corrected chi connectivity index (χ4v) is 3.80. The molecule has 1 heterocycles. The number of aliphatic hydroxyl groups excluding tert-OH is 1. The van der Waals surface area contributed by atoms with Gasteiger partial charge in [0.2, 0.25) is 0 Å². The molecule has 2 aromatic rings. The van der Waals surface area contributed by atoms with Crippen LogP contribution in [0, 0.1) is 0 Å². The Balaban J connectivity index is 1.91. The molecular weight excluding hydrogens is 414 g/mol. The van der Waals surface area contributed by atoms with Gasteiger partial charge in [-0.1, -0.05) is 18.2 Å². The van der Waals surface area contributed by atoms with E-state index in [0.29, 0.717) is 29.0 Å². The molecule has 1 aliphatic heterocycles. The number of methoxy groups -OCH3 is 3. The van der Waals surface area contributed by atoms with Crippen LogP contribution in [0.1, 0.15) is 34.5 Å². The van der Waals surface area contributed by atoms with Crippen molar-refractivity contribution in [2.45, 2.75) is 19.4 Å². The minimum atomic E-state index is -0.758. The van der Waals surface area contributed by atoms with Crippen LogP contribution in [-0.4, -0.2) is 55.5 Å². The van der Waals surface area contributed by atoms with Crippen molar-refractivity contribution in [2.75, 3.05) is 27.9 Å². The molecule has 0 fully saturated rings. The summed E-state index contributed by atoms with van der Waals surface area (Å²) in [5.74, 6) is -0.890. The van der Waals surface area contributed by atoms with Gasteiger partial charge in [0.25, 0.3) is 5.91 Å². The van der Waals surface area contributed by atoms with Crippen molar-refractivity contribution in [3.8, 4) is 11.5 Å². The standard InChI is InChI=1S/C24H25NO7/c1-14(26)20-21(16-6-8-17(9-7-16)24(29)32-4)25(23(28)22(20)27)12-11-15-5-10-18(30-2)19(13-15)31-3/h5-10,13,21,27H,11-12H2,1-4H3/t21-/m1/s1. The van der Waals surface area contributed by atoms with Gasteiger partial charge in [0.05, 0.1) is 38.5 Å². The molecule has 0 aromatic heterocycles. The van der Waals surface area contributed by atoms with E-state index in [9.17, 15) is 19.5 Å². The number of hydrogen-bond acceptors (Lipinski definition) is 7. The number of amides is 1. The number of aliphatic hydroxyl groups is 1. The molecule has 1 atom stereocenters. The molecule has 168 valence electrons. The molecule has 8 nitrogen and oxygen atoms in total. The SMILES string of the molecule is COC(=O)c1ccc([C@@H]2C(C(C)=O)=C(O)C(=O)N2CCc2ccc(OC)c(OC)c2)cc1. The summed E-state index contributed by atoms with van der Waals surface area (Å²) in [6.45, 7) is 1.56. The van der Waals surface area contributed by atoms with Gasteiger partial charge in [0, 0.05) is 6.54 Å². The first kappa shape index (κ1) is 22.9. The molecular formula is C24H25NO7. The molecule has 32 heavy (non-hydrogen) atoms. The van der Waals surface area contributed by atoms with Crippen molar-refractivity contribution in [1.29, 1.82) is 0 Å². The first-order valence-electron chi connectivity index (χ1n) is 9.96. The van der Waals surface area contributed by atoms with Crippen molar-refractivity contribution >= 4 is 17.7 Å². The maximum absolute atomic E-state index is 12.8. The topological polar surface area (TPSA) is 102 Å². The van der Waals surface area contributed by atoms with Crippen LogP contribution in [0.4, 0.5) is 0 Å². The summed E-state index contributed by atoms with van der Waals surface area (Å²) < 4.78 is 15.3. The molecule has 2 aromatic carbocycles. The fourth-order valence-electron chi connectivity index (χ4n) is 3.80. The number of hydrogen-bond donors (Lipinski definition) is 1. The van der Waals surface area contributed by atoms with E-state index >= 15 is 0 Å². The minimum Gasteiger partial charge on any atom is -0.503 e. The van der Waals surface area contributed by atoms with Crippen LogP contribution >= 0.6 is 0 Å². The predicted octanol–water partition coefficient (Wildman–Crippen LogP) is 3.02. The van der Waals surface area contributed by atoms with E-state index in [1.54, 1.807) is 44.6 Å². The van der Waals surface area contributed by atoms with E-state index in [-0.39, 0.29) is 12.1 Å². The predicted molar refractivity (Wildman–Crippen MR) is 116 cm³/mol. The summed E-state index contributed by atoms with van der Waals surface area (Å²) in [5.41, 5.74) is 1.88. The van der Waals surface area contributed by atoms with E-state index in [2.05, 4.69) is 0 Å². The van der Waals surface area contributed by atoms with Crippen molar-refractivity contribution in [1.82, 2.24) is 4.90 Å². The smallest absolute Gasteiger partial charge is 0.337 e. The Hall–Kier alpha value is -3.81. The Bertz CT molecular complexity index is 1070. The van der Waals surface area contributed by atoms with Gasteiger partial charge in [-0.15, -0.1) is 0 Å². The van der Waals surface area contributed by atoms with Crippen LogP contribution in [-0.2, 0) is 20.7 Å². The maximum Gasteiger partial charge on any atom is 0.337 e. The Labute approximate surface area is 186 Å². The first-order chi connectivity index (χ1) is 15.3. The van der Waals surface area contributed by atoms with Crippen LogP contribution in [0.5, 0.6) is 11.5 Å². The van der Waals surface area contributed by atoms with Gasteiger partial charge in [-0.2, -0.15) is 0 Å². The van der Waals surface area contributed by atoms with E-state index in [4.69, 9.17) is 14.2 Å². The molecule has 0 unspecified atom stereocenters. The highest BCUT2D eigenvalue weighted by molar-refractivity contribution is 6.08. The zero-order chi connectivity index (χ0) is 23.4. The molecule has 8 heteroatoms. The molecule has 0 spiro atoms. The van der Waals surface area contributed by atoms with Gasteiger partial charge in [0.15, 0.2) is 23.0 Å². The number of esters is 1. The molecule has 1 aliphatic rings. The van der Waals surface area contributed by atoms with Crippen LogP contribution in [0.15, 0.2) is 53.8 Å². The fraction of sp³-hybridized carbons (Fsp3) is 0.292. The van der Waals surface area contributed by atoms with E-state index < -0.39 is 29.5 Å². The molecule has 0 bridgehead atoms. The number of ketones is 1. The lowest BCUT2D eigenvalue weighted by Gasteiger charge is -2.27. The monoisotopic (exact) mass is 439 g/mol. The third-order valence-corrected chi connectivity index (χ3v) is 5.42. The van der Waals surface area contributed by atoms with Crippen LogP contribution in [0.3, 0.4) is 0 Å². The van der Waals surface area contributed by atoms with Crippen LogP contribution in [0.25, 0.3) is 0 Å². The van der Waals surface area contributed by atoms with E-state index in [1.165, 1.54) is 18.9 Å². The second kappa shape index (κ2) is 9.55. The van der Waals surface area contributed by atoms with Gasteiger partial charge < -0.3 is 24.2 Å². The quantitative estimate of drug-likeness (QED) is 0.631. The van der Waals surface area contributed by atoms with Gasteiger partial charge in [-0.25, -0.2) is 4.79 Å². The number of Topliss-reactive ketones (excluding diaryl/α,β-unsaturated/α-hetero) is 1. The molecule has 0 aliphatic carbocycles. The molecule has 1 amide bonds. The Morgan fingerprint density at radius 1 is 1.00 bits per heavy atom. The number of carbonyl (C=O) groups is 3.